The molecule has 6 heteroatoms. The molecule has 2 rings (SSSR count). The Labute approximate surface area is 129 Å². The molecule has 1 aliphatic rings. The van der Waals surface area contributed by atoms with Crippen molar-refractivity contribution in [1.29, 1.82) is 0 Å². The minimum absolute atomic E-state index is 0.283. The fourth-order valence-electron chi connectivity index (χ4n) is 2.51. The Balaban J connectivity index is 1.83. The van der Waals surface area contributed by atoms with Gasteiger partial charge in [0, 0.05) is 0 Å². The largest absolute Gasteiger partial charge is 0.394 e. The lowest BCUT2D eigenvalue weighted by molar-refractivity contribution is -0.301. The number of rotatable bonds is 6. The van der Waals surface area contributed by atoms with Gasteiger partial charge in [-0.3, -0.25) is 0 Å². The minimum atomic E-state index is -1.40. The van der Waals surface area contributed by atoms with E-state index in [1.165, 1.54) is 5.56 Å². The van der Waals surface area contributed by atoms with Crippen molar-refractivity contribution in [2.45, 2.75) is 50.0 Å². The van der Waals surface area contributed by atoms with Crippen LogP contribution in [0.5, 0.6) is 0 Å². The van der Waals surface area contributed by atoms with E-state index in [2.05, 4.69) is 6.92 Å². The summed E-state index contributed by atoms with van der Waals surface area (Å²) < 4.78 is 10.8. The summed E-state index contributed by atoms with van der Waals surface area (Å²) in [6.45, 7) is 1.95. The molecule has 0 spiro atoms. The molecule has 124 valence electrons. The van der Waals surface area contributed by atoms with Crippen LogP contribution in [0.25, 0.3) is 0 Å². The number of hydrogen-bond acceptors (Lipinski definition) is 6. The van der Waals surface area contributed by atoms with Gasteiger partial charge in [0.1, 0.15) is 24.4 Å². The first-order valence-corrected chi connectivity index (χ1v) is 7.51. The number of aliphatic hydroxyl groups excluding tert-OH is 4. The Kier molecular flexibility index (Phi) is 6.31. The van der Waals surface area contributed by atoms with Crippen LogP contribution in [0.3, 0.4) is 0 Å². The van der Waals surface area contributed by atoms with Gasteiger partial charge in [0.25, 0.3) is 0 Å². The van der Waals surface area contributed by atoms with Crippen LogP contribution in [0.1, 0.15) is 24.8 Å². The number of hydrogen-bond donors (Lipinski definition) is 4. The highest BCUT2D eigenvalue weighted by atomic mass is 16.7. The topological polar surface area (TPSA) is 99.4 Å². The second kappa shape index (κ2) is 8.01. The lowest BCUT2D eigenvalue weighted by Gasteiger charge is -2.39. The van der Waals surface area contributed by atoms with Gasteiger partial charge < -0.3 is 29.9 Å². The summed E-state index contributed by atoms with van der Waals surface area (Å²) >= 11 is 0. The van der Waals surface area contributed by atoms with E-state index in [1.807, 2.05) is 30.3 Å². The van der Waals surface area contributed by atoms with Gasteiger partial charge in [-0.15, -0.1) is 0 Å². The molecular formula is C16H24O6. The second-order valence-corrected chi connectivity index (χ2v) is 5.67. The zero-order chi connectivity index (χ0) is 16.1. The quantitative estimate of drug-likeness (QED) is 0.590. The van der Waals surface area contributed by atoms with E-state index in [4.69, 9.17) is 14.6 Å². The van der Waals surface area contributed by atoms with E-state index in [9.17, 15) is 15.3 Å². The van der Waals surface area contributed by atoms with Crippen LogP contribution in [0.15, 0.2) is 30.3 Å². The Bertz CT molecular complexity index is 438. The molecule has 1 aromatic rings. The maximum atomic E-state index is 9.86. The summed E-state index contributed by atoms with van der Waals surface area (Å²) in [5.41, 5.74) is 1.19. The van der Waals surface area contributed by atoms with Crippen LogP contribution in [0.2, 0.25) is 0 Å². The third-order valence-corrected chi connectivity index (χ3v) is 4.05. The molecule has 6 nitrogen and oxygen atoms in total. The van der Waals surface area contributed by atoms with Crippen LogP contribution in [-0.4, -0.2) is 64.3 Å². The molecule has 0 radical (unpaired) electrons. The Morgan fingerprint density at radius 3 is 2.41 bits per heavy atom. The van der Waals surface area contributed by atoms with Crippen LogP contribution in [0.4, 0.5) is 0 Å². The summed E-state index contributed by atoms with van der Waals surface area (Å²) in [6, 6.07) is 9.99. The van der Waals surface area contributed by atoms with E-state index in [0.717, 1.165) is 6.42 Å². The SMILES string of the molecule is C[C@H](CCO[C@@H]1O[C@H](CO)[C@H](O)[C@H](O)[C@H]1O)c1ccccc1. The van der Waals surface area contributed by atoms with Crippen molar-refractivity contribution < 1.29 is 29.9 Å². The molecule has 4 N–H and O–H groups in total. The highest BCUT2D eigenvalue weighted by Crippen LogP contribution is 2.23. The van der Waals surface area contributed by atoms with Gasteiger partial charge in [0.15, 0.2) is 6.29 Å². The fourth-order valence-corrected chi connectivity index (χ4v) is 2.51. The number of ether oxygens (including phenoxy) is 2. The molecule has 0 aromatic heterocycles. The van der Waals surface area contributed by atoms with Gasteiger partial charge in [0.2, 0.25) is 0 Å². The molecule has 0 bridgehead atoms. The monoisotopic (exact) mass is 312 g/mol. The molecule has 0 unspecified atom stereocenters. The zero-order valence-corrected chi connectivity index (χ0v) is 12.6. The molecule has 6 atom stereocenters. The molecule has 1 fully saturated rings. The highest BCUT2D eigenvalue weighted by Gasteiger charge is 2.43. The van der Waals surface area contributed by atoms with E-state index >= 15 is 0 Å². The van der Waals surface area contributed by atoms with Crippen LogP contribution in [-0.2, 0) is 9.47 Å². The van der Waals surface area contributed by atoms with Crippen molar-refractivity contribution in [3.8, 4) is 0 Å². The maximum absolute atomic E-state index is 9.86. The standard InChI is InChI=1S/C16H24O6/c1-10(11-5-3-2-4-6-11)7-8-21-16-15(20)14(19)13(18)12(9-17)22-16/h2-6,10,12-20H,7-9H2,1H3/t10-,12-,13+,14+,15-,16-/m1/s1. The lowest BCUT2D eigenvalue weighted by Crippen LogP contribution is -2.59. The Hall–Kier alpha value is -1.02. The average molecular weight is 312 g/mol. The molecule has 0 aliphatic carbocycles. The lowest BCUT2D eigenvalue weighted by atomic mass is 9.98. The second-order valence-electron chi connectivity index (χ2n) is 5.67. The third-order valence-electron chi connectivity index (χ3n) is 4.05. The summed E-state index contributed by atoms with van der Waals surface area (Å²) in [5.74, 6) is 0.283. The van der Waals surface area contributed by atoms with Crippen LogP contribution < -0.4 is 0 Å². The first kappa shape index (κ1) is 17.3. The molecule has 0 amide bonds. The van der Waals surface area contributed by atoms with Crippen molar-refractivity contribution in [3.05, 3.63) is 35.9 Å². The van der Waals surface area contributed by atoms with E-state index in [0.29, 0.717) is 6.61 Å². The van der Waals surface area contributed by atoms with E-state index in [1.54, 1.807) is 0 Å². The van der Waals surface area contributed by atoms with Gasteiger partial charge in [-0.2, -0.15) is 0 Å². The van der Waals surface area contributed by atoms with Gasteiger partial charge in [-0.05, 0) is 17.9 Å². The summed E-state index contributed by atoms with van der Waals surface area (Å²) in [7, 11) is 0. The van der Waals surface area contributed by atoms with Crippen molar-refractivity contribution in [3.63, 3.8) is 0 Å². The highest BCUT2D eigenvalue weighted by molar-refractivity contribution is 5.18. The fraction of sp³-hybridized carbons (Fsp3) is 0.625. The zero-order valence-electron chi connectivity index (χ0n) is 12.6. The summed E-state index contributed by atoms with van der Waals surface area (Å²) in [5, 5.41) is 38.3. The predicted molar refractivity (Wildman–Crippen MR) is 79.2 cm³/mol. The average Bonchev–Trinajstić information content (AvgIpc) is 2.55. The van der Waals surface area contributed by atoms with Gasteiger partial charge in [-0.25, -0.2) is 0 Å². The molecule has 22 heavy (non-hydrogen) atoms. The van der Waals surface area contributed by atoms with Crippen molar-refractivity contribution >= 4 is 0 Å². The van der Waals surface area contributed by atoms with E-state index < -0.39 is 37.3 Å². The molecule has 1 saturated heterocycles. The van der Waals surface area contributed by atoms with Gasteiger partial charge in [-0.1, -0.05) is 37.3 Å². The number of benzene rings is 1. The first-order chi connectivity index (χ1) is 10.5. The third kappa shape index (κ3) is 4.04. The Morgan fingerprint density at radius 2 is 1.77 bits per heavy atom. The maximum Gasteiger partial charge on any atom is 0.186 e. The number of aliphatic hydroxyl groups is 4. The first-order valence-electron chi connectivity index (χ1n) is 7.51. The molecule has 0 saturated carbocycles. The smallest absolute Gasteiger partial charge is 0.186 e. The van der Waals surface area contributed by atoms with Crippen molar-refractivity contribution in [2.75, 3.05) is 13.2 Å². The van der Waals surface area contributed by atoms with Crippen LogP contribution >= 0.6 is 0 Å². The summed E-state index contributed by atoms with van der Waals surface area (Å²) in [4.78, 5) is 0. The molecular weight excluding hydrogens is 288 g/mol. The Morgan fingerprint density at radius 1 is 1.09 bits per heavy atom. The van der Waals surface area contributed by atoms with E-state index in [-0.39, 0.29) is 5.92 Å². The molecule has 1 heterocycles. The molecule has 1 aliphatic heterocycles. The molecule has 1 aromatic carbocycles. The normalized spacial score (nSPS) is 33.6. The van der Waals surface area contributed by atoms with Crippen molar-refractivity contribution in [2.24, 2.45) is 0 Å². The van der Waals surface area contributed by atoms with Gasteiger partial charge in [0.05, 0.1) is 13.2 Å². The summed E-state index contributed by atoms with van der Waals surface area (Å²) in [6.07, 6.45) is -5.37. The predicted octanol–water partition coefficient (Wildman–Crippen LogP) is -0.00330. The van der Waals surface area contributed by atoms with Crippen molar-refractivity contribution in [1.82, 2.24) is 0 Å². The van der Waals surface area contributed by atoms with Crippen LogP contribution in [0, 0.1) is 0 Å². The van der Waals surface area contributed by atoms with Gasteiger partial charge >= 0.3 is 0 Å². The minimum Gasteiger partial charge on any atom is -0.394 e.